The predicted octanol–water partition coefficient (Wildman–Crippen LogP) is 2.70. The van der Waals surface area contributed by atoms with Gasteiger partial charge in [-0.3, -0.25) is 4.79 Å². The second kappa shape index (κ2) is 5.00. The summed E-state index contributed by atoms with van der Waals surface area (Å²) in [6, 6.07) is 0. The highest BCUT2D eigenvalue weighted by atomic mass is 16.5. The Balaban J connectivity index is 2.69. The monoisotopic (exact) mass is 226 g/mol. The van der Waals surface area contributed by atoms with Gasteiger partial charge in [0.25, 0.3) is 0 Å². The minimum absolute atomic E-state index is 0.139. The normalized spacial score (nSPS) is 28.4. The van der Waals surface area contributed by atoms with Gasteiger partial charge in [-0.15, -0.1) is 6.58 Å². The van der Waals surface area contributed by atoms with Crippen LogP contribution in [0.2, 0.25) is 0 Å². The average molecular weight is 226 g/mol. The van der Waals surface area contributed by atoms with Gasteiger partial charge in [0.15, 0.2) is 0 Å². The van der Waals surface area contributed by atoms with Crippen LogP contribution in [0.25, 0.3) is 0 Å². The molecule has 0 N–H and O–H groups in total. The van der Waals surface area contributed by atoms with Gasteiger partial charge in [0, 0.05) is 12.0 Å². The van der Waals surface area contributed by atoms with Gasteiger partial charge in [0.05, 0.1) is 18.6 Å². The molecule has 3 nitrogen and oxygen atoms in total. The number of carbonyl (C=O) groups excluding carboxylic acids is 1. The molecule has 0 aromatic rings. The number of rotatable bonds is 4. The number of ether oxygens (including phenoxy) is 2. The predicted molar refractivity (Wildman–Crippen MR) is 63.1 cm³/mol. The molecule has 3 heteroatoms. The topological polar surface area (TPSA) is 35.5 Å². The third-order valence-electron chi connectivity index (χ3n) is 3.11. The molecule has 1 heterocycles. The van der Waals surface area contributed by atoms with Crippen LogP contribution in [-0.2, 0) is 14.3 Å². The lowest BCUT2D eigenvalue weighted by atomic mass is 9.72. The minimum Gasteiger partial charge on any atom is -0.466 e. The van der Waals surface area contributed by atoms with E-state index in [2.05, 4.69) is 20.4 Å². The van der Waals surface area contributed by atoms with Crippen LogP contribution in [0.15, 0.2) is 12.7 Å². The number of hydrogen-bond donors (Lipinski definition) is 0. The molecule has 0 amide bonds. The Morgan fingerprint density at radius 2 is 2.25 bits per heavy atom. The molecule has 0 bridgehead atoms. The Morgan fingerprint density at radius 1 is 1.56 bits per heavy atom. The number of allylic oxidation sites excluding steroid dienone is 1. The van der Waals surface area contributed by atoms with Crippen molar-refractivity contribution in [3.05, 3.63) is 12.7 Å². The van der Waals surface area contributed by atoms with Crippen LogP contribution in [0.3, 0.4) is 0 Å². The summed E-state index contributed by atoms with van der Waals surface area (Å²) in [5, 5.41) is 0. The Hall–Kier alpha value is -0.830. The number of carbonyl (C=O) groups is 1. The van der Waals surface area contributed by atoms with Gasteiger partial charge in [-0.1, -0.05) is 6.08 Å². The highest BCUT2D eigenvalue weighted by molar-refractivity contribution is 5.70. The molecule has 16 heavy (non-hydrogen) atoms. The molecule has 0 aromatic heterocycles. The van der Waals surface area contributed by atoms with E-state index < -0.39 is 0 Å². The molecule has 0 aromatic carbocycles. The van der Waals surface area contributed by atoms with Crippen molar-refractivity contribution >= 4 is 5.97 Å². The Morgan fingerprint density at radius 3 is 2.75 bits per heavy atom. The fourth-order valence-electron chi connectivity index (χ4n) is 2.41. The van der Waals surface area contributed by atoms with Crippen molar-refractivity contribution < 1.29 is 14.3 Å². The molecule has 92 valence electrons. The zero-order valence-electron chi connectivity index (χ0n) is 10.5. The third-order valence-corrected chi connectivity index (χ3v) is 3.11. The van der Waals surface area contributed by atoms with Crippen LogP contribution >= 0.6 is 0 Å². The summed E-state index contributed by atoms with van der Waals surface area (Å²) in [5.41, 5.74) is -0.340. The third kappa shape index (κ3) is 3.34. The average Bonchev–Trinajstić information content (AvgIpc) is 2.16. The maximum atomic E-state index is 11.6. The molecular formula is C13H22O3. The molecule has 1 saturated heterocycles. The summed E-state index contributed by atoms with van der Waals surface area (Å²) >= 11 is 0. The SMILES string of the molecule is C=CC1(CC(=O)OCC)CCOC(C)(C)C1. The standard InChI is InChI=1S/C13H22O3/c1-5-13(9-11(14)15-6-2)7-8-16-12(3,4)10-13/h5H,1,6-10H2,2-4H3. The molecule has 1 atom stereocenters. The van der Waals surface area contributed by atoms with Gasteiger partial charge in [0.2, 0.25) is 0 Å². The van der Waals surface area contributed by atoms with Gasteiger partial charge >= 0.3 is 5.97 Å². The first-order chi connectivity index (χ1) is 7.43. The smallest absolute Gasteiger partial charge is 0.306 e. The van der Waals surface area contributed by atoms with Gasteiger partial charge in [0.1, 0.15) is 0 Å². The minimum atomic E-state index is -0.182. The fourth-order valence-corrected chi connectivity index (χ4v) is 2.41. The molecule has 0 saturated carbocycles. The van der Waals surface area contributed by atoms with E-state index in [0.29, 0.717) is 19.6 Å². The van der Waals surface area contributed by atoms with Crippen LogP contribution in [-0.4, -0.2) is 24.8 Å². The van der Waals surface area contributed by atoms with Gasteiger partial charge < -0.3 is 9.47 Å². The van der Waals surface area contributed by atoms with Crippen molar-refractivity contribution in [1.82, 2.24) is 0 Å². The van der Waals surface area contributed by atoms with Crippen molar-refractivity contribution in [2.75, 3.05) is 13.2 Å². The Bertz CT molecular complexity index is 270. The summed E-state index contributed by atoms with van der Waals surface area (Å²) < 4.78 is 10.7. The molecule has 1 aliphatic heterocycles. The van der Waals surface area contributed by atoms with Gasteiger partial charge in [-0.25, -0.2) is 0 Å². The summed E-state index contributed by atoms with van der Waals surface area (Å²) in [6.07, 6.45) is 3.98. The second-order valence-corrected chi connectivity index (χ2v) is 5.08. The van der Waals surface area contributed by atoms with E-state index in [4.69, 9.17) is 9.47 Å². The summed E-state index contributed by atoms with van der Waals surface area (Å²) in [5.74, 6) is -0.139. The molecular weight excluding hydrogens is 204 g/mol. The lowest BCUT2D eigenvalue weighted by Crippen LogP contribution is -2.41. The zero-order chi connectivity index (χ0) is 12.2. The van der Waals surface area contributed by atoms with E-state index in [1.165, 1.54) is 0 Å². The first-order valence-electron chi connectivity index (χ1n) is 5.86. The van der Waals surface area contributed by atoms with E-state index in [-0.39, 0.29) is 17.0 Å². The van der Waals surface area contributed by atoms with Crippen molar-refractivity contribution in [2.45, 2.75) is 45.6 Å². The summed E-state index contributed by atoms with van der Waals surface area (Å²) in [4.78, 5) is 11.6. The quantitative estimate of drug-likeness (QED) is 0.546. The van der Waals surface area contributed by atoms with Crippen LogP contribution in [0.1, 0.15) is 40.0 Å². The molecule has 1 aliphatic rings. The van der Waals surface area contributed by atoms with Crippen molar-refractivity contribution in [1.29, 1.82) is 0 Å². The van der Waals surface area contributed by atoms with E-state index in [0.717, 1.165) is 12.8 Å². The number of esters is 1. The molecule has 0 spiro atoms. The van der Waals surface area contributed by atoms with E-state index >= 15 is 0 Å². The number of hydrogen-bond acceptors (Lipinski definition) is 3. The van der Waals surface area contributed by atoms with E-state index in [9.17, 15) is 4.79 Å². The lowest BCUT2D eigenvalue weighted by Gasteiger charge is -2.42. The van der Waals surface area contributed by atoms with Gasteiger partial charge in [-0.2, -0.15) is 0 Å². The summed E-state index contributed by atoms with van der Waals surface area (Å²) in [6.45, 7) is 10.9. The molecule has 1 fully saturated rings. The maximum Gasteiger partial charge on any atom is 0.306 e. The van der Waals surface area contributed by atoms with Crippen LogP contribution in [0.5, 0.6) is 0 Å². The second-order valence-electron chi connectivity index (χ2n) is 5.08. The van der Waals surface area contributed by atoms with Crippen LogP contribution in [0, 0.1) is 5.41 Å². The van der Waals surface area contributed by atoms with Crippen LogP contribution in [0.4, 0.5) is 0 Å². The zero-order valence-corrected chi connectivity index (χ0v) is 10.5. The summed E-state index contributed by atoms with van der Waals surface area (Å²) in [7, 11) is 0. The molecule has 1 unspecified atom stereocenters. The van der Waals surface area contributed by atoms with Crippen molar-refractivity contribution in [3.63, 3.8) is 0 Å². The van der Waals surface area contributed by atoms with Crippen molar-refractivity contribution in [2.24, 2.45) is 5.41 Å². The van der Waals surface area contributed by atoms with E-state index in [1.54, 1.807) is 0 Å². The lowest BCUT2D eigenvalue weighted by molar-refractivity contribution is -0.149. The fraction of sp³-hybridized carbons (Fsp3) is 0.769. The first kappa shape index (κ1) is 13.2. The van der Waals surface area contributed by atoms with E-state index in [1.807, 2.05) is 13.0 Å². The van der Waals surface area contributed by atoms with Crippen LogP contribution < -0.4 is 0 Å². The van der Waals surface area contributed by atoms with Gasteiger partial charge in [-0.05, 0) is 33.6 Å². The maximum absolute atomic E-state index is 11.6. The Labute approximate surface area is 97.8 Å². The largest absolute Gasteiger partial charge is 0.466 e. The molecule has 0 radical (unpaired) electrons. The highest BCUT2D eigenvalue weighted by Gasteiger charge is 2.40. The first-order valence-corrected chi connectivity index (χ1v) is 5.86. The molecule has 1 rings (SSSR count). The molecule has 0 aliphatic carbocycles. The Kier molecular flexibility index (Phi) is 4.14. The van der Waals surface area contributed by atoms with Crippen molar-refractivity contribution in [3.8, 4) is 0 Å². The highest BCUT2D eigenvalue weighted by Crippen LogP contribution is 2.42.